The van der Waals surface area contributed by atoms with E-state index in [4.69, 9.17) is 31.0 Å². The van der Waals surface area contributed by atoms with Gasteiger partial charge in [-0.15, -0.1) is 0 Å². The number of hydroxylamine groups is 1. The summed E-state index contributed by atoms with van der Waals surface area (Å²) in [6, 6.07) is 7.78. The standard InChI is InChI=1S/C22H24ClFN4O5/c1-31-8-9-33-20-12-18-15(11-19(20)32-7-3-2-4-21(29)28-30)22(26-13-25-18)27-14-5-6-17(24)16(23)10-14/h5-6,10-13,30H,2-4,7-9H2,1H3,(H,28,29)(H,25,26,27). The summed E-state index contributed by atoms with van der Waals surface area (Å²) in [6.07, 6.45) is 2.73. The molecule has 0 aliphatic rings. The normalized spacial score (nSPS) is 10.8. The zero-order valence-electron chi connectivity index (χ0n) is 17.9. The van der Waals surface area contributed by atoms with Crippen molar-refractivity contribution < 1.29 is 28.6 Å². The van der Waals surface area contributed by atoms with Gasteiger partial charge in [0.15, 0.2) is 11.5 Å². The quantitative estimate of drug-likeness (QED) is 0.201. The van der Waals surface area contributed by atoms with E-state index in [0.717, 1.165) is 0 Å². The second kappa shape index (κ2) is 12.1. The minimum Gasteiger partial charge on any atom is -0.490 e. The second-order valence-electron chi connectivity index (χ2n) is 6.97. The first-order valence-electron chi connectivity index (χ1n) is 10.2. The van der Waals surface area contributed by atoms with E-state index < -0.39 is 11.7 Å². The zero-order chi connectivity index (χ0) is 23.6. The van der Waals surface area contributed by atoms with Gasteiger partial charge in [0.1, 0.15) is 24.6 Å². The Kier molecular flexibility index (Phi) is 8.99. The minimum atomic E-state index is -0.514. The number of amides is 1. The first kappa shape index (κ1) is 24.4. The van der Waals surface area contributed by atoms with Gasteiger partial charge < -0.3 is 19.5 Å². The molecule has 0 atom stereocenters. The van der Waals surface area contributed by atoms with Crippen LogP contribution in [0.5, 0.6) is 11.5 Å². The lowest BCUT2D eigenvalue weighted by atomic mass is 10.2. The smallest absolute Gasteiger partial charge is 0.243 e. The van der Waals surface area contributed by atoms with Crippen molar-refractivity contribution in [3.05, 3.63) is 47.5 Å². The van der Waals surface area contributed by atoms with Gasteiger partial charge in [0.05, 0.1) is 23.8 Å². The molecule has 33 heavy (non-hydrogen) atoms. The summed E-state index contributed by atoms with van der Waals surface area (Å²) in [6.45, 7) is 1.05. The third-order valence-corrected chi connectivity index (χ3v) is 4.90. The van der Waals surface area contributed by atoms with Crippen LogP contribution in [0.2, 0.25) is 5.02 Å². The third-order valence-electron chi connectivity index (χ3n) is 4.61. The maximum atomic E-state index is 13.5. The van der Waals surface area contributed by atoms with Crippen LogP contribution in [0.4, 0.5) is 15.9 Å². The predicted molar refractivity (Wildman–Crippen MR) is 121 cm³/mol. The molecule has 3 rings (SSSR count). The van der Waals surface area contributed by atoms with Crippen molar-refractivity contribution in [2.75, 3.05) is 32.2 Å². The average molecular weight is 479 g/mol. The molecule has 0 fully saturated rings. The van der Waals surface area contributed by atoms with E-state index in [-0.39, 0.29) is 11.4 Å². The van der Waals surface area contributed by atoms with Crippen LogP contribution >= 0.6 is 11.6 Å². The first-order valence-corrected chi connectivity index (χ1v) is 10.6. The van der Waals surface area contributed by atoms with Crippen LogP contribution in [0.1, 0.15) is 19.3 Å². The van der Waals surface area contributed by atoms with Crippen molar-refractivity contribution in [2.24, 2.45) is 0 Å². The largest absolute Gasteiger partial charge is 0.490 e. The number of methoxy groups -OCH3 is 1. The second-order valence-corrected chi connectivity index (χ2v) is 7.38. The molecule has 0 aliphatic carbocycles. The average Bonchev–Trinajstić information content (AvgIpc) is 2.81. The highest BCUT2D eigenvalue weighted by molar-refractivity contribution is 6.31. The number of nitrogens with zero attached hydrogens (tertiary/aromatic N) is 2. The Morgan fingerprint density at radius 2 is 1.88 bits per heavy atom. The van der Waals surface area contributed by atoms with E-state index in [1.165, 1.54) is 18.5 Å². The molecule has 176 valence electrons. The van der Waals surface area contributed by atoms with Gasteiger partial charge in [-0.05, 0) is 37.1 Å². The molecule has 0 bridgehead atoms. The molecule has 3 N–H and O–H groups in total. The van der Waals surface area contributed by atoms with Gasteiger partial charge in [0.2, 0.25) is 5.91 Å². The number of hydrogen-bond acceptors (Lipinski definition) is 8. The molecule has 1 amide bonds. The van der Waals surface area contributed by atoms with E-state index in [9.17, 15) is 9.18 Å². The van der Waals surface area contributed by atoms with Gasteiger partial charge in [-0.2, -0.15) is 0 Å². The van der Waals surface area contributed by atoms with Crippen LogP contribution in [0.3, 0.4) is 0 Å². The number of unbranched alkanes of at least 4 members (excludes halogenated alkanes) is 1. The SMILES string of the molecule is COCCOc1cc2ncnc(Nc3ccc(F)c(Cl)c3)c2cc1OCCCCC(=O)NO. The highest BCUT2D eigenvalue weighted by Crippen LogP contribution is 2.35. The number of ether oxygens (including phenoxy) is 3. The highest BCUT2D eigenvalue weighted by atomic mass is 35.5. The van der Waals surface area contributed by atoms with Crippen molar-refractivity contribution in [1.29, 1.82) is 0 Å². The van der Waals surface area contributed by atoms with E-state index in [2.05, 4.69) is 15.3 Å². The Labute approximate surface area is 194 Å². The summed E-state index contributed by atoms with van der Waals surface area (Å²) in [5.74, 6) is 0.482. The summed E-state index contributed by atoms with van der Waals surface area (Å²) in [7, 11) is 1.58. The van der Waals surface area contributed by atoms with Crippen LogP contribution < -0.4 is 20.3 Å². The van der Waals surface area contributed by atoms with Gasteiger partial charge in [-0.3, -0.25) is 10.0 Å². The number of benzene rings is 2. The Hall–Kier alpha value is -3.21. The summed E-state index contributed by atoms with van der Waals surface area (Å²) in [4.78, 5) is 19.7. The molecule has 0 aliphatic heterocycles. The maximum absolute atomic E-state index is 13.5. The molecule has 11 heteroatoms. The number of nitrogens with one attached hydrogen (secondary N) is 2. The highest BCUT2D eigenvalue weighted by Gasteiger charge is 2.13. The molecule has 1 aromatic heterocycles. The minimum absolute atomic E-state index is 0.00825. The van der Waals surface area contributed by atoms with Gasteiger partial charge in [0.25, 0.3) is 0 Å². The van der Waals surface area contributed by atoms with E-state index in [1.54, 1.807) is 30.8 Å². The Bertz CT molecular complexity index is 1100. The number of fused-ring (bicyclic) bond motifs is 1. The van der Waals surface area contributed by atoms with Crippen molar-refractivity contribution in [3.8, 4) is 11.5 Å². The summed E-state index contributed by atoms with van der Waals surface area (Å²) in [5.41, 5.74) is 2.78. The van der Waals surface area contributed by atoms with E-state index >= 15 is 0 Å². The topological polar surface area (TPSA) is 115 Å². The fourth-order valence-electron chi connectivity index (χ4n) is 2.96. The summed E-state index contributed by atoms with van der Waals surface area (Å²) < 4.78 is 30.3. The van der Waals surface area contributed by atoms with Crippen molar-refractivity contribution >= 4 is 39.9 Å². The maximum Gasteiger partial charge on any atom is 0.243 e. The number of hydrogen-bond donors (Lipinski definition) is 3. The molecular formula is C22H24ClFN4O5. The number of halogens is 2. The van der Waals surface area contributed by atoms with Crippen molar-refractivity contribution in [1.82, 2.24) is 15.4 Å². The monoisotopic (exact) mass is 478 g/mol. The molecule has 0 saturated carbocycles. The lowest BCUT2D eigenvalue weighted by Gasteiger charge is -2.15. The number of carbonyl (C=O) groups is 1. The van der Waals surface area contributed by atoms with E-state index in [0.29, 0.717) is 66.6 Å². The van der Waals surface area contributed by atoms with Gasteiger partial charge in [-0.1, -0.05) is 11.6 Å². The van der Waals surface area contributed by atoms with Gasteiger partial charge in [0, 0.05) is 30.7 Å². The Morgan fingerprint density at radius 3 is 2.64 bits per heavy atom. The third kappa shape index (κ3) is 6.88. The van der Waals surface area contributed by atoms with E-state index in [1.807, 2.05) is 0 Å². The lowest BCUT2D eigenvalue weighted by Crippen LogP contribution is -2.18. The molecule has 1 heterocycles. The molecule has 0 radical (unpaired) electrons. The van der Waals surface area contributed by atoms with Gasteiger partial charge >= 0.3 is 0 Å². The Balaban J connectivity index is 1.84. The predicted octanol–water partition coefficient (Wildman–Crippen LogP) is 4.25. The molecule has 3 aromatic rings. The van der Waals surface area contributed by atoms with Gasteiger partial charge in [-0.25, -0.2) is 19.8 Å². The van der Waals surface area contributed by atoms with Crippen LogP contribution in [0.15, 0.2) is 36.7 Å². The van der Waals surface area contributed by atoms with Crippen LogP contribution in [0, 0.1) is 5.82 Å². The molecule has 2 aromatic carbocycles. The fourth-order valence-corrected chi connectivity index (χ4v) is 3.14. The number of rotatable bonds is 12. The molecule has 0 unspecified atom stereocenters. The van der Waals surface area contributed by atoms with Crippen molar-refractivity contribution in [3.63, 3.8) is 0 Å². The molecule has 0 spiro atoms. The summed E-state index contributed by atoms with van der Waals surface area (Å²) in [5, 5.41) is 12.3. The van der Waals surface area contributed by atoms with Crippen LogP contribution in [-0.2, 0) is 9.53 Å². The molecular weight excluding hydrogens is 455 g/mol. The van der Waals surface area contributed by atoms with Crippen molar-refractivity contribution in [2.45, 2.75) is 19.3 Å². The van der Waals surface area contributed by atoms with Crippen LogP contribution in [0.25, 0.3) is 10.9 Å². The summed E-state index contributed by atoms with van der Waals surface area (Å²) >= 11 is 5.88. The number of aromatic nitrogens is 2. The number of carbonyl (C=O) groups excluding carboxylic acids is 1. The fraction of sp³-hybridized carbons (Fsp3) is 0.318. The Morgan fingerprint density at radius 1 is 1.09 bits per heavy atom. The first-order chi connectivity index (χ1) is 16.0. The number of anilines is 2. The van der Waals surface area contributed by atoms with Crippen LogP contribution in [-0.4, -0.2) is 48.0 Å². The lowest BCUT2D eigenvalue weighted by molar-refractivity contribution is -0.129. The molecule has 0 saturated heterocycles. The zero-order valence-corrected chi connectivity index (χ0v) is 18.7. The molecule has 9 nitrogen and oxygen atoms in total.